The zero-order chi connectivity index (χ0) is 11.6. The average molecular weight is 224 g/mol. The second kappa shape index (κ2) is 5.05. The first-order valence-corrected chi connectivity index (χ1v) is 7.07. The summed E-state index contributed by atoms with van der Waals surface area (Å²) in [6.45, 7) is 11.0. The van der Waals surface area contributed by atoms with Gasteiger partial charge in [-0.15, -0.1) is 0 Å². The SMILES string of the molecule is CC1CCN(C2CCCC2(C)C)CCCN1. The summed E-state index contributed by atoms with van der Waals surface area (Å²) in [6.07, 6.45) is 6.91. The van der Waals surface area contributed by atoms with Crippen LogP contribution in [0.1, 0.15) is 52.9 Å². The van der Waals surface area contributed by atoms with Crippen LogP contribution < -0.4 is 5.32 Å². The molecular weight excluding hydrogens is 196 g/mol. The summed E-state index contributed by atoms with van der Waals surface area (Å²) in [5.41, 5.74) is 0.551. The average Bonchev–Trinajstić information content (AvgIpc) is 2.53. The van der Waals surface area contributed by atoms with Crippen LogP contribution in [0.15, 0.2) is 0 Å². The van der Waals surface area contributed by atoms with Gasteiger partial charge in [-0.3, -0.25) is 4.90 Å². The van der Waals surface area contributed by atoms with Gasteiger partial charge in [0.25, 0.3) is 0 Å². The molecule has 1 aliphatic carbocycles. The van der Waals surface area contributed by atoms with E-state index < -0.39 is 0 Å². The van der Waals surface area contributed by atoms with E-state index in [1.807, 2.05) is 0 Å². The van der Waals surface area contributed by atoms with E-state index in [0.717, 1.165) is 6.04 Å². The van der Waals surface area contributed by atoms with Crippen molar-refractivity contribution in [2.24, 2.45) is 5.41 Å². The van der Waals surface area contributed by atoms with Crippen LogP contribution in [0.3, 0.4) is 0 Å². The highest BCUT2D eigenvalue weighted by molar-refractivity contribution is 4.92. The minimum Gasteiger partial charge on any atom is -0.314 e. The summed E-state index contributed by atoms with van der Waals surface area (Å²) in [5.74, 6) is 0. The van der Waals surface area contributed by atoms with Gasteiger partial charge in [0.1, 0.15) is 0 Å². The molecule has 0 aromatic carbocycles. The molecule has 0 aromatic heterocycles. The van der Waals surface area contributed by atoms with Crippen molar-refractivity contribution >= 4 is 0 Å². The molecule has 1 saturated heterocycles. The first kappa shape index (κ1) is 12.4. The van der Waals surface area contributed by atoms with Gasteiger partial charge >= 0.3 is 0 Å². The Hall–Kier alpha value is -0.0800. The topological polar surface area (TPSA) is 15.3 Å². The summed E-state index contributed by atoms with van der Waals surface area (Å²) in [4.78, 5) is 2.78. The number of hydrogen-bond acceptors (Lipinski definition) is 2. The molecule has 1 N–H and O–H groups in total. The molecule has 2 heteroatoms. The highest BCUT2D eigenvalue weighted by Gasteiger charge is 2.38. The van der Waals surface area contributed by atoms with Gasteiger partial charge in [-0.05, 0) is 57.7 Å². The number of nitrogens with one attached hydrogen (secondary N) is 1. The highest BCUT2D eigenvalue weighted by Crippen LogP contribution is 2.40. The van der Waals surface area contributed by atoms with Gasteiger partial charge in [-0.1, -0.05) is 20.3 Å². The third-order valence-electron chi connectivity index (χ3n) is 4.61. The molecule has 0 spiro atoms. The Bertz CT molecular complexity index is 225. The lowest BCUT2D eigenvalue weighted by molar-refractivity contribution is 0.101. The van der Waals surface area contributed by atoms with Crippen molar-refractivity contribution in [1.82, 2.24) is 10.2 Å². The van der Waals surface area contributed by atoms with Crippen molar-refractivity contribution in [2.75, 3.05) is 19.6 Å². The maximum absolute atomic E-state index is 3.59. The molecule has 0 radical (unpaired) electrons. The number of rotatable bonds is 1. The fourth-order valence-corrected chi connectivity index (χ4v) is 3.50. The molecule has 2 aliphatic rings. The van der Waals surface area contributed by atoms with E-state index in [4.69, 9.17) is 0 Å². The van der Waals surface area contributed by atoms with E-state index in [0.29, 0.717) is 11.5 Å². The quantitative estimate of drug-likeness (QED) is 0.736. The van der Waals surface area contributed by atoms with Crippen LogP contribution in [0, 0.1) is 5.41 Å². The molecule has 2 atom stereocenters. The lowest BCUT2D eigenvalue weighted by Gasteiger charge is -2.39. The Morgan fingerprint density at radius 2 is 1.94 bits per heavy atom. The van der Waals surface area contributed by atoms with Crippen molar-refractivity contribution in [2.45, 2.75) is 65.0 Å². The third-order valence-corrected chi connectivity index (χ3v) is 4.61. The molecular formula is C14H28N2. The van der Waals surface area contributed by atoms with E-state index in [-0.39, 0.29) is 0 Å². The van der Waals surface area contributed by atoms with E-state index in [2.05, 4.69) is 31.0 Å². The second-order valence-electron chi connectivity index (χ2n) is 6.43. The van der Waals surface area contributed by atoms with Crippen LogP contribution in [0.5, 0.6) is 0 Å². The molecule has 2 fully saturated rings. The highest BCUT2D eigenvalue weighted by atomic mass is 15.2. The van der Waals surface area contributed by atoms with Gasteiger partial charge in [-0.2, -0.15) is 0 Å². The van der Waals surface area contributed by atoms with E-state index >= 15 is 0 Å². The lowest BCUT2D eigenvalue weighted by atomic mass is 9.86. The Labute approximate surface area is 101 Å². The van der Waals surface area contributed by atoms with Crippen LogP contribution in [-0.4, -0.2) is 36.6 Å². The fourth-order valence-electron chi connectivity index (χ4n) is 3.50. The Morgan fingerprint density at radius 1 is 1.12 bits per heavy atom. The van der Waals surface area contributed by atoms with Crippen molar-refractivity contribution in [1.29, 1.82) is 0 Å². The lowest BCUT2D eigenvalue weighted by Crippen LogP contribution is -2.46. The monoisotopic (exact) mass is 224 g/mol. The molecule has 1 heterocycles. The number of nitrogens with zero attached hydrogens (tertiary/aromatic N) is 1. The Kier molecular flexibility index (Phi) is 3.91. The first-order valence-electron chi connectivity index (χ1n) is 7.07. The summed E-state index contributed by atoms with van der Waals surface area (Å²) >= 11 is 0. The summed E-state index contributed by atoms with van der Waals surface area (Å²) < 4.78 is 0. The predicted molar refractivity (Wildman–Crippen MR) is 69.7 cm³/mol. The second-order valence-corrected chi connectivity index (χ2v) is 6.43. The molecule has 0 aromatic rings. The van der Waals surface area contributed by atoms with Crippen LogP contribution in [0.4, 0.5) is 0 Å². The van der Waals surface area contributed by atoms with E-state index in [9.17, 15) is 0 Å². The molecule has 2 unspecified atom stereocenters. The van der Waals surface area contributed by atoms with E-state index in [1.54, 1.807) is 0 Å². The molecule has 16 heavy (non-hydrogen) atoms. The van der Waals surface area contributed by atoms with Crippen LogP contribution in [0.2, 0.25) is 0 Å². The minimum absolute atomic E-state index is 0.551. The van der Waals surface area contributed by atoms with Crippen LogP contribution in [0.25, 0.3) is 0 Å². The Balaban J connectivity index is 1.96. The molecule has 2 nitrogen and oxygen atoms in total. The standard InChI is InChI=1S/C14H28N2/c1-12-7-11-16(10-5-9-15-12)13-6-4-8-14(13,2)3/h12-13,15H,4-11H2,1-3H3. The molecule has 2 rings (SSSR count). The fraction of sp³-hybridized carbons (Fsp3) is 1.00. The summed E-state index contributed by atoms with van der Waals surface area (Å²) in [5, 5.41) is 3.59. The third kappa shape index (κ3) is 2.78. The van der Waals surface area contributed by atoms with Crippen LogP contribution in [-0.2, 0) is 0 Å². The van der Waals surface area contributed by atoms with Crippen molar-refractivity contribution in [3.63, 3.8) is 0 Å². The van der Waals surface area contributed by atoms with Gasteiger partial charge in [-0.25, -0.2) is 0 Å². The normalized spacial score (nSPS) is 36.9. The maximum Gasteiger partial charge on any atom is 0.0146 e. The predicted octanol–water partition coefficient (Wildman–Crippen LogP) is 2.64. The zero-order valence-electron chi connectivity index (χ0n) is 11.3. The van der Waals surface area contributed by atoms with Gasteiger partial charge in [0.2, 0.25) is 0 Å². The Morgan fingerprint density at radius 3 is 2.62 bits per heavy atom. The number of hydrogen-bond donors (Lipinski definition) is 1. The van der Waals surface area contributed by atoms with Gasteiger partial charge < -0.3 is 5.32 Å². The van der Waals surface area contributed by atoms with Crippen LogP contribution >= 0.6 is 0 Å². The maximum atomic E-state index is 3.59. The minimum atomic E-state index is 0.551. The molecule has 0 bridgehead atoms. The largest absolute Gasteiger partial charge is 0.314 e. The van der Waals surface area contributed by atoms with Gasteiger partial charge in [0.15, 0.2) is 0 Å². The zero-order valence-corrected chi connectivity index (χ0v) is 11.3. The molecule has 1 aliphatic heterocycles. The van der Waals surface area contributed by atoms with Gasteiger partial charge in [0.05, 0.1) is 0 Å². The van der Waals surface area contributed by atoms with Crippen molar-refractivity contribution in [3.05, 3.63) is 0 Å². The summed E-state index contributed by atoms with van der Waals surface area (Å²) in [7, 11) is 0. The molecule has 0 amide bonds. The van der Waals surface area contributed by atoms with Crippen molar-refractivity contribution < 1.29 is 0 Å². The van der Waals surface area contributed by atoms with Gasteiger partial charge in [0, 0.05) is 12.1 Å². The summed E-state index contributed by atoms with van der Waals surface area (Å²) in [6, 6.07) is 1.55. The van der Waals surface area contributed by atoms with Crippen molar-refractivity contribution in [3.8, 4) is 0 Å². The molecule has 1 saturated carbocycles. The first-order chi connectivity index (χ1) is 7.59. The van der Waals surface area contributed by atoms with E-state index in [1.165, 1.54) is 51.7 Å². The molecule has 94 valence electrons. The smallest absolute Gasteiger partial charge is 0.0146 e.